The van der Waals surface area contributed by atoms with E-state index in [0.29, 0.717) is 0 Å². The SMILES string of the molecule is Cc1ccc(F)c(NCc2cc(F)cc([N+](=O)[O-])c2)c1F. The summed E-state index contributed by atoms with van der Waals surface area (Å²) in [5.41, 5.74) is -0.301. The lowest BCUT2D eigenvalue weighted by molar-refractivity contribution is -0.385. The third-order valence-corrected chi connectivity index (χ3v) is 2.91. The fraction of sp³-hybridized carbons (Fsp3) is 0.143. The minimum atomic E-state index is -0.788. The van der Waals surface area contributed by atoms with Crippen molar-refractivity contribution in [2.45, 2.75) is 13.5 Å². The number of aryl methyl sites for hydroxylation is 1. The molecule has 0 aliphatic carbocycles. The molecule has 0 fully saturated rings. The smallest absolute Gasteiger partial charge is 0.272 e. The fourth-order valence-corrected chi connectivity index (χ4v) is 1.85. The molecule has 2 aromatic rings. The number of nitrogens with zero attached hydrogens (tertiary/aromatic N) is 1. The first-order valence-corrected chi connectivity index (χ1v) is 6.01. The van der Waals surface area contributed by atoms with Crippen LogP contribution < -0.4 is 5.32 Å². The van der Waals surface area contributed by atoms with E-state index in [2.05, 4.69) is 5.32 Å². The van der Waals surface area contributed by atoms with Crippen molar-refractivity contribution in [1.29, 1.82) is 0 Å². The third-order valence-electron chi connectivity index (χ3n) is 2.91. The van der Waals surface area contributed by atoms with Gasteiger partial charge in [0.1, 0.15) is 17.3 Å². The minimum absolute atomic E-state index is 0.143. The third kappa shape index (κ3) is 3.31. The molecular weight excluding hydrogens is 285 g/mol. The van der Waals surface area contributed by atoms with Gasteiger partial charge in [-0.15, -0.1) is 0 Å². The number of non-ortho nitro benzene ring substituents is 1. The second-order valence-electron chi connectivity index (χ2n) is 4.48. The van der Waals surface area contributed by atoms with Gasteiger partial charge in [0.05, 0.1) is 11.0 Å². The van der Waals surface area contributed by atoms with Gasteiger partial charge in [-0.05, 0) is 30.2 Å². The first-order valence-electron chi connectivity index (χ1n) is 6.01. The number of hydrogen-bond acceptors (Lipinski definition) is 3. The van der Waals surface area contributed by atoms with Crippen LogP contribution in [0.25, 0.3) is 0 Å². The van der Waals surface area contributed by atoms with E-state index in [0.717, 1.165) is 24.3 Å². The topological polar surface area (TPSA) is 55.2 Å². The van der Waals surface area contributed by atoms with Crippen LogP contribution in [-0.4, -0.2) is 4.92 Å². The van der Waals surface area contributed by atoms with E-state index in [1.54, 1.807) is 0 Å². The number of nitrogens with one attached hydrogen (secondary N) is 1. The zero-order valence-corrected chi connectivity index (χ0v) is 11.0. The summed E-state index contributed by atoms with van der Waals surface area (Å²) in [6.07, 6.45) is 0. The summed E-state index contributed by atoms with van der Waals surface area (Å²) in [7, 11) is 0. The minimum Gasteiger partial charge on any atom is -0.376 e. The lowest BCUT2D eigenvalue weighted by atomic mass is 10.1. The first kappa shape index (κ1) is 14.8. The Labute approximate surface area is 118 Å². The summed E-state index contributed by atoms with van der Waals surface area (Å²) in [4.78, 5) is 9.90. The van der Waals surface area contributed by atoms with Crippen molar-refractivity contribution < 1.29 is 18.1 Å². The van der Waals surface area contributed by atoms with Crippen molar-refractivity contribution in [2.24, 2.45) is 0 Å². The molecule has 0 aliphatic rings. The molecule has 0 radical (unpaired) electrons. The molecule has 2 aromatic carbocycles. The van der Waals surface area contributed by atoms with E-state index in [-0.39, 0.29) is 23.4 Å². The largest absolute Gasteiger partial charge is 0.376 e. The molecule has 0 unspecified atom stereocenters. The molecule has 0 bridgehead atoms. The Hall–Kier alpha value is -2.57. The number of nitro benzene ring substituents is 1. The van der Waals surface area contributed by atoms with Crippen LogP contribution in [0.5, 0.6) is 0 Å². The first-order chi connectivity index (χ1) is 9.88. The van der Waals surface area contributed by atoms with Crippen LogP contribution in [0.15, 0.2) is 30.3 Å². The van der Waals surface area contributed by atoms with Gasteiger partial charge < -0.3 is 5.32 Å². The zero-order chi connectivity index (χ0) is 15.6. The van der Waals surface area contributed by atoms with E-state index >= 15 is 0 Å². The molecule has 2 rings (SSSR count). The lowest BCUT2D eigenvalue weighted by Gasteiger charge is -2.10. The Morgan fingerprint density at radius 1 is 1.19 bits per heavy atom. The lowest BCUT2D eigenvalue weighted by Crippen LogP contribution is -2.05. The summed E-state index contributed by atoms with van der Waals surface area (Å²) >= 11 is 0. The van der Waals surface area contributed by atoms with E-state index in [1.807, 2.05) is 0 Å². The molecule has 0 amide bonds. The van der Waals surface area contributed by atoms with Crippen LogP contribution in [0.3, 0.4) is 0 Å². The Morgan fingerprint density at radius 2 is 1.90 bits per heavy atom. The van der Waals surface area contributed by atoms with Crippen LogP contribution >= 0.6 is 0 Å². The van der Waals surface area contributed by atoms with Crippen LogP contribution in [0, 0.1) is 34.5 Å². The average Bonchev–Trinajstić information content (AvgIpc) is 2.42. The van der Waals surface area contributed by atoms with Crippen LogP contribution in [-0.2, 0) is 6.54 Å². The highest BCUT2D eigenvalue weighted by molar-refractivity contribution is 5.49. The predicted molar refractivity (Wildman–Crippen MR) is 71.5 cm³/mol. The van der Waals surface area contributed by atoms with Crippen LogP contribution in [0.4, 0.5) is 24.5 Å². The number of nitro groups is 1. The van der Waals surface area contributed by atoms with Crippen molar-refractivity contribution in [2.75, 3.05) is 5.32 Å². The van der Waals surface area contributed by atoms with Gasteiger partial charge in [-0.25, -0.2) is 13.2 Å². The molecule has 110 valence electrons. The maximum Gasteiger partial charge on any atom is 0.272 e. The molecule has 21 heavy (non-hydrogen) atoms. The molecule has 4 nitrogen and oxygen atoms in total. The zero-order valence-electron chi connectivity index (χ0n) is 11.0. The van der Waals surface area contributed by atoms with Crippen molar-refractivity contribution in [1.82, 2.24) is 0 Å². The van der Waals surface area contributed by atoms with Gasteiger partial charge in [0, 0.05) is 12.6 Å². The average molecular weight is 296 g/mol. The van der Waals surface area contributed by atoms with Gasteiger partial charge in [0.25, 0.3) is 5.69 Å². The number of hydrogen-bond donors (Lipinski definition) is 1. The maximum absolute atomic E-state index is 13.8. The van der Waals surface area contributed by atoms with Crippen molar-refractivity contribution in [3.05, 3.63) is 69.0 Å². The monoisotopic (exact) mass is 296 g/mol. The highest BCUT2D eigenvalue weighted by atomic mass is 19.1. The molecule has 7 heteroatoms. The van der Waals surface area contributed by atoms with E-state index in [1.165, 1.54) is 13.0 Å². The van der Waals surface area contributed by atoms with Gasteiger partial charge in [0.2, 0.25) is 0 Å². The maximum atomic E-state index is 13.8. The number of halogens is 3. The predicted octanol–water partition coefficient (Wildman–Crippen LogP) is 3.93. The Morgan fingerprint density at radius 3 is 2.57 bits per heavy atom. The fourth-order valence-electron chi connectivity index (χ4n) is 1.85. The van der Waals surface area contributed by atoms with Crippen molar-refractivity contribution in [3.8, 4) is 0 Å². The molecule has 0 aromatic heterocycles. The van der Waals surface area contributed by atoms with E-state index in [9.17, 15) is 23.3 Å². The van der Waals surface area contributed by atoms with Gasteiger partial charge >= 0.3 is 0 Å². The highest BCUT2D eigenvalue weighted by Gasteiger charge is 2.13. The number of rotatable bonds is 4. The van der Waals surface area contributed by atoms with Crippen molar-refractivity contribution in [3.63, 3.8) is 0 Å². The summed E-state index contributed by atoms with van der Waals surface area (Å²) in [6, 6.07) is 5.38. The van der Waals surface area contributed by atoms with E-state index < -0.39 is 28.1 Å². The van der Waals surface area contributed by atoms with Gasteiger partial charge in [-0.3, -0.25) is 10.1 Å². The summed E-state index contributed by atoms with van der Waals surface area (Å²) in [5.74, 6) is -2.32. The molecule has 0 saturated heterocycles. The molecule has 0 saturated carbocycles. The quantitative estimate of drug-likeness (QED) is 0.687. The van der Waals surface area contributed by atoms with Crippen LogP contribution in [0.2, 0.25) is 0 Å². The standard InChI is InChI=1S/C14H11F3N2O2/c1-8-2-3-12(16)14(13(8)17)18-7-9-4-10(15)6-11(5-9)19(20)21/h2-6,18H,7H2,1H3. The number of benzene rings is 2. The second kappa shape index (κ2) is 5.82. The molecule has 0 heterocycles. The molecular formula is C14H11F3N2O2. The van der Waals surface area contributed by atoms with Crippen LogP contribution in [0.1, 0.15) is 11.1 Å². The van der Waals surface area contributed by atoms with E-state index in [4.69, 9.17) is 0 Å². The Bertz CT molecular complexity index is 705. The molecule has 0 aliphatic heterocycles. The number of anilines is 1. The summed E-state index contributed by atoms with van der Waals surface area (Å²) < 4.78 is 40.6. The summed E-state index contributed by atoms with van der Waals surface area (Å²) in [6.45, 7) is 1.34. The second-order valence-corrected chi connectivity index (χ2v) is 4.48. The Balaban J connectivity index is 2.25. The molecule has 0 spiro atoms. The Kier molecular flexibility index (Phi) is 4.11. The molecule has 0 atom stereocenters. The van der Waals surface area contributed by atoms with Crippen molar-refractivity contribution >= 4 is 11.4 Å². The van der Waals surface area contributed by atoms with Gasteiger partial charge in [0.15, 0.2) is 5.82 Å². The normalized spacial score (nSPS) is 10.5. The summed E-state index contributed by atoms with van der Waals surface area (Å²) in [5, 5.41) is 13.1. The van der Waals surface area contributed by atoms with Gasteiger partial charge in [-0.2, -0.15) is 0 Å². The van der Waals surface area contributed by atoms with Gasteiger partial charge in [-0.1, -0.05) is 6.07 Å². The highest BCUT2D eigenvalue weighted by Crippen LogP contribution is 2.23. The molecule has 1 N–H and O–H groups in total.